The van der Waals surface area contributed by atoms with E-state index in [1.54, 1.807) is 6.92 Å². The Morgan fingerprint density at radius 1 is 1.05 bits per heavy atom. The molecule has 1 rings (SSSR count). The maximum absolute atomic E-state index is 11.9. The van der Waals surface area contributed by atoms with Crippen LogP contribution in [0, 0.1) is 0 Å². The second-order valence-electron chi connectivity index (χ2n) is 4.21. The first-order valence-corrected chi connectivity index (χ1v) is 8.87. The van der Waals surface area contributed by atoms with Gasteiger partial charge in [-0.2, -0.15) is 0 Å². The van der Waals surface area contributed by atoms with Crippen molar-refractivity contribution in [3.05, 3.63) is 24.3 Å². The molecule has 7 nitrogen and oxygen atoms in total. The maximum atomic E-state index is 11.9. The zero-order chi connectivity index (χ0) is 15.4. The number of hydrogen-bond acceptors (Lipinski definition) is 5. The fourth-order valence-corrected chi connectivity index (χ4v) is 3.18. The molecule has 0 bridgehead atoms. The van der Waals surface area contributed by atoms with Crippen LogP contribution in [0.4, 0.5) is 0 Å². The molecule has 3 N–H and O–H groups in total. The second kappa shape index (κ2) is 6.64. The van der Waals surface area contributed by atoms with E-state index in [1.807, 2.05) is 0 Å². The molecule has 1 atom stereocenters. The van der Waals surface area contributed by atoms with Crippen LogP contribution in [0.2, 0.25) is 0 Å². The molecular formula is C11H18N2O5S2. The Morgan fingerprint density at radius 3 is 1.90 bits per heavy atom. The molecule has 114 valence electrons. The summed E-state index contributed by atoms with van der Waals surface area (Å²) >= 11 is 0. The number of aliphatic hydroxyl groups is 1. The Kier molecular flexibility index (Phi) is 5.66. The van der Waals surface area contributed by atoms with Crippen molar-refractivity contribution in [2.24, 2.45) is 0 Å². The van der Waals surface area contributed by atoms with Crippen molar-refractivity contribution in [3.8, 4) is 0 Å². The van der Waals surface area contributed by atoms with Gasteiger partial charge < -0.3 is 5.11 Å². The van der Waals surface area contributed by atoms with Gasteiger partial charge in [0.25, 0.3) is 0 Å². The van der Waals surface area contributed by atoms with E-state index in [-0.39, 0.29) is 16.3 Å². The molecule has 0 saturated carbocycles. The zero-order valence-electron chi connectivity index (χ0n) is 11.2. The lowest BCUT2D eigenvalue weighted by atomic mass is 10.3. The molecule has 0 radical (unpaired) electrons. The van der Waals surface area contributed by atoms with Gasteiger partial charge in [0, 0.05) is 6.54 Å². The Balaban J connectivity index is 2.88. The summed E-state index contributed by atoms with van der Waals surface area (Å²) < 4.78 is 51.3. The van der Waals surface area contributed by atoms with Crippen LogP contribution in [0.5, 0.6) is 0 Å². The van der Waals surface area contributed by atoms with Crippen LogP contribution in [-0.4, -0.2) is 41.6 Å². The molecule has 1 unspecified atom stereocenters. The molecule has 0 amide bonds. The van der Waals surface area contributed by atoms with Gasteiger partial charge in [0.05, 0.1) is 15.9 Å². The maximum Gasteiger partial charge on any atom is 0.240 e. The van der Waals surface area contributed by atoms with Crippen LogP contribution in [0.3, 0.4) is 0 Å². The molecule has 1 aromatic rings. The Labute approximate surface area is 119 Å². The van der Waals surface area contributed by atoms with Gasteiger partial charge in [0.1, 0.15) is 0 Å². The largest absolute Gasteiger partial charge is 0.393 e. The molecule has 0 aliphatic rings. The van der Waals surface area contributed by atoms with Crippen molar-refractivity contribution in [2.75, 3.05) is 13.6 Å². The lowest BCUT2D eigenvalue weighted by Crippen LogP contribution is -2.27. The summed E-state index contributed by atoms with van der Waals surface area (Å²) in [5.41, 5.74) is 0. The molecule has 9 heteroatoms. The monoisotopic (exact) mass is 322 g/mol. The number of nitrogens with one attached hydrogen (secondary N) is 2. The Morgan fingerprint density at radius 2 is 1.50 bits per heavy atom. The van der Waals surface area contributed by atoms with Crippen molar-refractivity contribution in [1.82, 2.24) is 9.44 Å². The van der Waals surface area contributed by atoms with Crippen molar-refractivity contribution in [3.63, 3.8) is 0 Å². The number of rotatable bonds is 7. The average Bonchev–Trinajstić information content (AvgIpc) is 2.38. The van der Waals surface area contributed by atoms with Gasteiger partial charge in [-0.15, -0.1) is 0 Å². The van der Waals surface area contributed by atoms with Crippen LogP contribution >= 0.6 is 0 Å². The van der Waals surface area contributed by atoms with Crippen molar-refractivity contribution < 1.29 is 21.9 Å². The Hall–Kier alpha value is -1.00. The minimum absolute atomic E-state index is 0.0112. The molecule has 0 aliphatic carbocycles. The number of hydrogen-bond donors (Lipinski definition) is 3. The van der Waals surface area contributed by atoms with Crippen LogP contribution < -0.4 is 9.44 Å². The first-order chi connectivity index (χ1) is 9.19. The highest BCUT2D eigenvalue weighted by Gasteiger charge is 2.16. The van der Waals surface area contributed by atoms with E-state index in [4.69, 9.17) is 5.11 Å². The van der Waals surface area contributed by atoms with E-state index in [0.717, 1.165) is 0 Å². The number of sulfonamides is 2. The summed E-state index contributed by atoms with van der Waals surface area (Å²) in [4.78, 5) is -0.0407. The molecule has 0 saturated heterocycles. The van der Waals surface area contributed by atoms with Crippen LogP contribution in [0.15, 0.2) is 34.1 Å². The third kappa shape index (κ3) is 4.53. The first kappa shape index (κ1) is 17.1. The summed E-state index contributed by atoms with van der Waals surface area (Å²) in [5, 5.41) is 9.06. The van der Waals surface area contributed by atoms with Crippen LogP contribution in [0.1, 0.15) is 13.3 Å². The lowest BCUT2D eigenvalue weighted by Gasteiger charge is -2.08. The minimum atomic E-state index is -3.70. The third-order valence-electron chi connectivity index (χ3n) is 2.57. The molecular weight excluding hydrogens is 304 g/mol. The lowest BCUT2D eigenvalue weighted by molar-refractivity contribution is 0.186. The van der Waals surface area contributed by atoms with Gasteiger partial charge in [-0.1, -0.05) is 0 Å². The molecule has 0 aromatic heterocycles. The van der Waals surface area contributed by atoms with Crippen molar-refractivity contribution in [2.45, 2.75) is 29.2 Å². The summed E-state index contributed by atoms with van der Waals surface area (Å²) in [6.07, 6.45) is -0.299. The highest BCUT2D eigenvalue weighted by molar-refractivity contribution is 7.90. The molecule has 20 heavy (non-hydrogen) atoms. The van der Waals surface area contributed by atoms with E-state index in [1.165, 1.54) is 31.3 Å². The number of aliphatic hydroxyl groups excluding tert-OH is 1. The zero-order valence-corrected chi connectivity index (χ0v) is 12.8. The predicted octanol–water partition coefficient (Wildman–Crippen LogP) is -0.356. The molecule has 0 heterocycles. The smallest absolute Gasteiger partial charge is 0.240 e. The summed E-state index contributed by atoms with van der Waals surface area (Å²) in [7, 11) is -6.01. The normalized spacial score (nSPS) is 14.2. The van der Waals surface area contributed by atoms with E-state index < -0.39 is 26.2 Å². The van der Waals surface area contributed by atoms with Crippen molar-refractivity contribution in [1.29, 1.82) is 0 Å². The van der Waals surface area contributed by atoms with E-state index in [9.17, 15) is 16.8 Å². The van der Waals surface area contributed by atoms with E-state index in [2.05, 4.69) is 9.44 Å². The van der Waals surface area contributed by atoms with E-state index >= 15 is 0 Å². The quantitative estimate of drug-likeness (QED) is 0.635. The van der Waals surface area contributed by atoms with E-state index in [0.29, 0.717) is 6.42 Å². The standard InChI is InChI=1S/C11H18N2O5S2/c1-9(14)7-8-13-20(17,18)11-5-3-10(4-6-11)19(15,16)12-2/h3-6,9,12-14H,7-8H2,1-2H3. The van der Waals surface area contributed by atoms with Gasteiger partial charge >= 0.3 is 0 Å². The highest BCUT2D eigenvalue weighted by Crippen LogP contribution is 2.14. The van der Waals surface area contributed by atoms with Crippen LogP contribution in [-0.2, 0) is 20.0 Å². The average molecular weight is 322 g/mol. The summed E-state index contributed by atoms with van der Waals surface area (Å²) in [5.74, 6) is 0. The first-order valence-electron chi connectivity index (χ1n) is 5.90. The predicted molar refractivity (Wildman–Crippen MR) is 74.2 cm³/mol. The summed E-state index contributed by atoms with van der Waals surface area (Å²) in [6.45, 7) is 1.67. The molecule has 0 aliphatic heterocycles. The van der Waals surface area contributed by atoms with Gasteiger partial charge in [-0.25, -0.2) is 26.3 Å². The Bertz CT molecular complexity index is 636. The van der Waals surface area contributed by atoms with Gasteiger partial charge in [0.15, 0.2) is 0 Å². The third-order valence-corrected chi connectivity index (χ3v) is 5.47. The SMILES string of the molecule is CNS(=O)(=O)c1ccc(S(=O)(=O)NCCC(C)O)cc1. The molecule has 1 aromatic carbocycles. The van der Waals surface area contributed by atoms with Gasteiger partial charge in [-0.3, -0.25) is 0 Å². The molecule has 0 fully saturated rings. The van der Waals surface area contributed by atoms with Gasteiger partial charge in [-0.05, 0) is 44.7 Å². The highest BCUT2D eigenvalue weighted by atomic mass is 32.2. The van der Waals surface area contributed by atoms with Crippen LogP contribution in [0.25, 0.3) is 0 Å². The second-order valence-corrected chi connectivity index (χ2v) is 7.87. The topological polar surface area (TPSA) is 113 Å². The fraction of sp³-hybridized carbons (Fsp3) is 0.455. The fourth-order valence-electron chi connectivity index (χ4n) is 1.40. The summed E-state index contributed by atoms with van der Waals surface area (Å²) in [6, 6.07) is 4.87. The number of benzene rings is 1. The molecule has 0 spiro atoms. The van der Waals surface area contributed by atoms with Gasteiger partial charge in [0.2, 0.25) is 20.0 Å². The minimum Gasteiger partial charge on any atom is -0.393 e. The van der Waals surface area contributed by atoms with Crippen molar-refractivity contribution >= 4 is 20.0 Å².